The normalized spacial score (nSPS) is 13.1. The molecule has 34 heavy (non-hydrogen) atoms. The lowest BCUT2D eigenvalue weighted by molar-refractivity contribution is -0.118. The fourth-order valence-corrected chi connectivity index (χ4v) is 4.69. The van der Waals surface area contributed by atoms with E-state index in [0.717, 1.165) is 18.4 Å². The number of nitrogens with zero attached hydrogens (tertiary/aromatic N) is 3. The van der Waals surface area contributed by atoms with Crippen LogP contribution in [0, 0.1) is 5.92 Å². The van der Waals surface area contributed by atoms with Gasteiger partial charge in [-0.3, -0.25) is 0 Å². The highest BCUT2D eigenvalue weighted by atomic mass is 35.5. The number of amides is 1. The molecule has 1 unspecified atom stereocenters. The predicted octanol–water partition coefficient (Wildman–Crippen LogP) is 6.62. The second-order valence-corrected chi connectivity index (χ2v) is 9.61. The zero-order valence-electron chi connectivity index (χ0n) is 19.7. The topological polar surface area (TPSA) is 53.3 Å². The van der Waals surface area contributed by atoms with Crippen LogP contribution in [0.4, 0.5) is 5.69 Å². The van der Waals surface area contributed by atoms with Gasteiger partial charge in [0.05, 0.1) is 27.3 Å². The van der Waals surface area contributed by atoms with Crippen LogP contribution in [0.3, 0.4) is 0 Å². The molecule has 182 valence electrons. The molecule has 0 saturated carbocycles. The Hall–Kier alpha value is -2.25. The number of benzene rings is 2. The molecule has 1 aromatic heterocycles. The summed E-state index contributed by atoms with van der Waals surface area (Å²) >= 11 is 19.7. The molecule has 0 aliphatic rings. The molecule has 3 rings (SSSR count). The third-order valence-corrected chi connectivity index (χ3v) is 6.91. The van der Waals surface area contributed by atoms with E-state index in [0.29, 0.717) is 52.2 Å². The highest BCUT2D eigenvalue weighted by molar-refractivity contribution is 6.40. The van der Waals surface area contributed by atoms with Gasteiger partial charge in [-0.1, -0.05) is 79.0 Å². The van der Waals surface area contributed by atoms with E-state index in [1.807, 2.05) is 34.9 Å². The smallest absolute Gasteiger partial charge is 0.306 e. The SMILES string of the molecule is COc1ccc([N+](C=O)(CCC(C)C)Cc2nc(Cl)c(Cl)n2Cc2ccccc2)c(Cl)c1OC. The highest BCUT2D eigenvalue weighted by Crippen LogP contribution is 2.44. The molecule has 2 aromatic carbocycles. The number of carbonyl (C=O) groups is 1. The van der Waals surface area contributed by atoms with E-state index in [-0.39, 0.29) is 16.2 Å². The molecule has 0 aliphatic heterocycles. The quantitative estimate of drug-likeness (QED) is 0.209. The van der Waals surface area contributed by atoms with Gasteiger partial charge in [0.1, 0.15) is 16.7 Å². The van der Waals surface area contributed by atoms with Crippen LogP contribution < -0.4 is 14.0 Å². The Morgan fingerprint density at radius 3 is 2.35 bits per heavy atom. The average molecular weight is 526 g/mol. The van der Waals surface area contributed by atoms with Crippen molar-refractivity contribution in [3.05, 3.63) is 69.2 Å². The summed E-state index contributed by atoms with van der Waals surface area (Å²) in [5.74, 6) is 1.81. The Morgan fingerprint density at radius 1 is 1.06 bits per heavy atom. The van der Waals surface area contributed by atoms with Crippen LogP contribution in [0.1, 0.15) is 31.7 Å². The van der Waals surface area contributed by atoms with E-state index in [9.17, 15) is 4.79 Å². The van der Waals surface area contributed by atoms with Crippen molar-refractivity contribution in [1.82, 2.24) is 14.0 Å². The Morgan fingerprint density at radius 2 is 1.76 bits per heavy atom. The van der Waals surface area contributed by atoms with Gasteiger partial charge >= 0.3 is 6.41 Å². The Balaban J connectivity index is 2.14. The molecule has 0 bridgehead atoms. The summed E-state index contributed by atoms with van der Waals surface area (Å²) < 4.78 is 12.6. The van der Waals surface area contributed by atoms with Crippen molar-refractivity contribution in [2.24, 2.45) is 5.92 Å². The lowest BCUT2D eigenvalue weighted by Gasteiger charge is -2.33. The van der Waals surface area contributed by atoms with Crippen molar-refractivity contribution in [2.75, 3.05) is 20.8 Å². The van der Waals surface area contributed by atoms with E-state index in [1.54, 1.807) is 19.2 Å². The number of aromatic nitrogens is 2. The zero-order valence-corrected chi connectivity index (χ0v) is 22.0. The summed E-state index contributed by atoms with van der Waals surface area (Å²) in [6.07, 6.45) is 1.68. The minimum Gasteiger partial charge on any atom is -0.493 e. The summed E-state index contributed by atoms with van der Waals surface area (Å²) in [5.41, 5.74) is 1.63. The molecule has 0 radical (unpaired) electrons. The molecular weight excluding hydrogens is 497 g/mol. The summed E-state index contributed by atoms with van der Waals surface area (Å²) in [7, 11) is 3.06. The van der Waals surface area contributed by atoms with Crippen molar-refractivity contribution in [3.8, 4) is 11.5 Å². The Bertz CT molecular complexity index is 1140. The van der Waals surface area contributed by atoms with Crippen LogP contribution in [-0.4, -0.2) is 36.7 Å². The molecule has 0 saturated heterocycles. The van der Waals surface area contributed by atoms with E-state index >= 15 is 0 Å². The molecule has 1 atom stereocenters. The van der Waals surface area contributed by atoms with Gasteiger partial charge < -0.3 is 14.0 Å². The van der Waals surface area contributed by atoms with Crippen molar-refractivity contribution >= 4 is 46.9 Å². The molecule has 0 aliphatic carbocycles. The van der Waals surface area contributed by atoms with Crippen LogP contribution in [0.5, 0.6) is 11.5 Å². The number of halogens is 3. The Labute approximate surface area is 215 Å². The van der Waals surface area contributed by atoms with Crippen LogP contribution in [0.2, 0.25) is 15.3 Å². The van der Waals surface area contributed by atoms with E-state index < -0.39 is 0 Å². The third-order valence-electron chi connectivity index (χ3n) is 5.80. The van der Waals surface area contributed by atoms with Gasteiger partial charge in [0.15, 0.2) is 28.2 Å². The van der Waals surface area contributed by atoms with Crippen molar-refractivity contribution < 1.29 is 14.3 Å². The summed E-state index contributed by atoms with van der Waals surface area (Å²) in [6, 6.07) is 13.4. The first-order chi connectivity index (χ1) is 16.3. The second kappa shape index (κ2) is 11.5. The maximum atomic E-state index is 12.9. The molecule has 0 N–H and O–H groups in total. The van der Waals surface area contributed by atoms with E-state index in [2.05, 4.69) is 18.8 Å². The number of quaternary nitrogens is 1. The van der Waals surface area contributed by atoms with Crippen molar-refractivity contribution in [3.63, 3.8) is 0 Å². The molecule has 1 amide bonds. The van der Waals surface area contributed by atoms with E-state index in [1.165, 1.54) is 7.11 Å². The first-order valence-corrected chi connectivity index (χ1v) is 12.1. The minimum atomic E-state index is -0.101. The van der Waals surface area contributed by atoms with Gasteiger partial charge in [0.25, 0.3) is 0 Å². The van der Waals surface area contributed by atoms with Gasteiger partial charge in [0, 0.05) is 6.07 Å². The lowest BCUT2D eigenvalue weighted by Crippen LogP contribution is -2.49. The van der Waals surface area contributed by atoms with Gasteiger partial charge in [0.2, 0.25) is 0 Å². The predicted molar refractivity (Wildman–Crippen MR) is 138 cm³/mol. The van der Waals surface area contributed by atoms with Crippen molar-refractivity contribution in [2.45, 2.75) is 33.4 Å². The third kappa shape index (κ3) is 5.52. The molecule has 0 spiro atoms. The fourth-order valence-electron chi connectivity index (χ4n) is 3.89. The average Bonchev–Trinajstić information content (AvgIpc) is 3.09. The van der Waals surface area contributed by atoms with E-state index in [4.69, 9.17) is 44.3 Å². The maximum absolute atomic E-state index is 12.9. The molecule has 1 heterocycles. The van der Waals surface area contributed by atoms with Gasteiger partial charge in [-0.25, -0.2) is 14.3 Å². The highest BCUT2D eigenvalue weighted by Gasteiger charge is 2.37. The van der Waals surface area contributed by atoms with Crippen LogP contribution >= 0.6 is 34.8 Å². The second-order valence-electron chi connectivity index (χ2n) is 8.52. The molecule has 0 fully saturated rings. The first-order valence-electron chi connectivity index (χ1n) is 10.9. The summed E-state index contributed by atoms with van der Waals surface area (Å²) in [5, 5.41) is 0.835. The number of ether oxygens (including phenoxy) is 2. The largest absolute Gasteiger partial charge is 0.493 e. The summed E-state index contributed by atoms with van der Waals surface area (Å²) in [6.45, 7) is 5.41. The number of carbonyl (C=O) groups excluding carboxylic acids is 1. The van der Waals surface area contributed by atoms with Gasteiger partial charge in [-0.05, 0) is 24.0 Å². The standard InChI is InChI=1S/C25H29Cl3N3O3/c1-17(2)12-13-31(16-32,19-10-11-20(33-3)23(34-4)22(19)26)15-21-29-24(27)25(28)30(21)14-18-8-6-5-7-9-18/h5-11,16-17H,12-15H2,1-4H3/q+1. The maximum Gasteiger partial charge on any atom is 0.306 e. The monoisotopic (exact) mass is 524 g/mol. The van der Waals surface area contributed by atoms with Crippen LogP contribution in [0.25, 0.3) is 0 Å². The number of hydrogen-bond donors (Lipinski definition) is 0. The Kier molecular flexibility index (Phi) is 8.88. The minimum absolute atomic E-state index is 0.101. The molecular formula is C25H29Cl3N3O3+. The lowest BCUT2D eigenvalue weighted by atomic mass is 10.1. The molecule has 3 aromatic rings. The number of imidazole rings is 1. The summed E-state index contributed by atoms with van der Waals surface area (Å²) in [4.78, 5) is 17.4. The van der Waals surface area contributed by atoms with Crippen molar-refractivity contribution in [1.29, 1.82) is 0 Å². The fraction of sp³-hybridized carbons (Fsp3) is 0.360. The molecule has 6 nitrogen and oxygen atoms in total. The molecule has 9 heteroatoms. The zero-order chi connectivity index (χ0) is 24.9. The first kappa shape index (κ1) is 26.4. The number of hydrogen-bond acceptors (Lipinski definition) is 4. The van der Waals surface area contributed by atoms with Crippen LogP contribution in [-0.2, 0) is 17.9 Å². The van der Waals surface area contributed by atoms with Gasteiger partial charge in [-0.15, -0.1) is 0 Å². The number of methoxy groups -OCH3 is 2. The number of rotatable bonds is 11. The van der Waals surface area contributed by atoms with Crippen LogP contribution in [0.15, 0.2) is 42.5 Å². The van der Waals surface area contributed by atoms with Gasteiger partial charge in [-0.2, -0.15) is 0 Å².